The zero-order valence-corrected chi connectivity index (χ0v) is 9.75. The van der Waals surface area contributed by atoms with Gasteiger partial charge >= 0.3 is 7.12 Å². The molecule has 2 atom stereocenters. The van der Waals surface area contributed by atoms with Crippen molar-refractivity contribution < 1.29 is 19.7 Å². The van der Waals surface area contributed by atoms with Gasteiger partial charge in [0.05, 0.1) is 5.94 Å². The number of amides is 1. The maximum Gasteiger partial charge on any atom is 0.475 e. The van der Waals surface area contributed by atoms with Gasteiger partial charge < -0.3 is 19.8 Å². The van der Waals surface area contributed by atoms with Crippen LogP contribution >= 0.6 is 0 Å². The van der Waals surface area contributed by atoms with Crippen LogP contribution in [0.15, 0.2) is 5.16 Å². The van der Waals surface area contributed by atoms with E-state index >= 15 is 0 Å². The van der Waals surface area contributed by atoms with Crippen molar-refractivity contribution in [3.05, 3.63) is 0 Å². The van der Waals surface area contributed by atoms with Gasteiger partial charge in [0.15, 0.2) is 0 Å². The Morgan fingerprint density at radius 2 is 2.25 bits per heavy atom. The second kappa shape index (κ2) is 5.83. The second-order valence-electron chi connectivity index (χ2n) is 3.63. The van der Waals surface area contributed by atoms with Crippen molar-refractivity contribution >= 4 is 19.7 Å². The second-order valence-corrected chi connectivity index (χ2v) is 3.63. The Morgan fingerprint density at radius 3 is 2.56 bits per heavy atom. The third-order valence-corrected chi connectivity index (χ3v) is 2.26. The summed E-state index contributed by atoms with van der Waals surface area (Å²) in [5.74, 6) is -1.36. The number of hydrogen-bond donors (Lipinski definition) is 3. The first kappa shape index (κ1) is 14.9. The summed E-state index contributed by atoms with van der Waals surface area (Å²) in [5.41, 5.74) is 3.89. The molecule has 0 aliphatic rings. The van der Waals surface area contributed by atoms with Crippen LogP contribution in [0, 0.1) is 0 Å². The van der Waals surface area contributed by atoms with Crippen LogP contribution in [-0.2, 0) is 9.63 Å². The molecule has 0 aromatic carbocycles. The Balaban J connectivity index is 4.77. The Morgan fingerprint density at radius 1 is 1.75 bits per heavy atom. The van der Waals surface area contributed by atoms with E-state index in [1.807, 2.05) is 0 Å². The lowest BCUT2D eigenvalue weighted by Crippen LogP contribution is -2.58. The number of nitrogens with zero attached hydrogens (tertiary/aromatic N) is 2. The van der Waals surface area contributed by atoms with Crippen LogP contribution < -0.4 is 5.73 Å². The SMILES string of the molecule is C=NOC(C)(N)C(=O)N(C)[C@@H](CC)B(O)O. The minimum Gasteiger partial charge on any atom is -0.426 e. The fourth-order valence-corrected chi connectivity index (χ4v) is 1.36. The number of likely N-dealkylation sites (N-methyl/N-ethyl adjacent to an activating group) is 1. The Labute approximate surface area is 95.0 Å². The molecule has 92 valence electrons. The predicted octanol–water partition coefficient (Wildman–Crippen LogP) is -1.46. The highest BCUT2D eigenvalue weighted by molar-refractivity contribution is 6.43. The summed E-state index contributed by atoms with van der Waals surface area (Å²) in [6, 6.07) is 0. The fourth-order valence-electron chi connectivity index (χ4n) is 1.36. The van der Waals surface area contributed by atoms with Gasteiger partial charge in [0, 0.05) is 20.7 Å². The fraction of sp³-hybridized carbons (Fsp3) is 0.750. The van der Waals surface area contributed by atoms with Crippen molar-refractivity contribution in [3.8, 4) is 0 Å². The van der Waals surface area contributed by atoms with Crippen molar-refractivity contribution in [2.24, 2.45) is 10.9 Å². The molecule has 0 aliphatic carbocycles. The molecule has 0 radical (unpaired) electrons. The maximum absolute atomic E-state index is 11.8. The number of rotatable bonds is 6. The number of carbonyl (C=O) groups is 1. The highest BCUT2D eigenvalue weighted by Gasteiger charge is 2.39. The van der Waals surface area contributed by atoms with Crippen LogP contribution in [-0.4, -0.2) is 53.4 Å². The van der Waals surface area contributed by atoms with Gasteiger partial charge in [-0.05, 0) is 6.42 Å². The van der Waals surface area contributed by atoms with Crippen LogP contribution in [0.3, 0.4) is 0 Å². The quantitative estimate of drug-likeness (QED) is 0.224. The third-order valence-electron chi connectivity index (χ3n) is 2.26. The molecule has 1 unspecified atom stereocenters. The molecule has 0 bridgehead atoms. The molecular formula is C8H18BN3O4. The lowest BCUT2D eigenvalue weighted by molar-refractivity contribution is -0.155. The summed E-state index contributed by atoms with van der Waals surface area (Å²) in [6.45, 7) is 6.10. The predicted molar refractivity (Wildman–Crippen MR) is 60.3 cm³/mol. The third kappa shape index (κ3) is 3.48. The average molecular weight is 231 g/mol. The largest absolute Gasteiger partial charge is 0.475 e. The Kier molecular flexibility index (Phi) is 5.42. The van der Waals surface area contributed by atoms with E-state index in [0.717, 1.165) is 4.90 Å². The van der Waals surface area contributed by atoms with Gasteiger partial charge in [-0.2, -0.15) is 0 Å². The summed E-state index contributed by atoms with van der Waals surface area (Å²) in [6.07, 6.45) is 0.373. The van der Waals surface area contributed by atoms with E-state index in [2.05, 4.69) is 16.7 Å². The van der Waals surface area contributed by atoms with Crippen molar-refractivity contribution in [1.29, 1.82) is 0 Å². The summed E-state index contributed by atoms with van der Waals surface area (Å²) in [7, 11) is -0.223. The lowest BCUT2D eigenvalue weighted by atomic mass is 9.76. The Bertz CT molecular complexity index is 260. The van der Waals surface area contributed by atoms with E-state index in [0.29, 0.717) is 6.42 Å². The molecule has 0 aromatic heterocycles. The van der Waals surface area contributed by atoms with E-state index in [1.165, 1.54) is 14.0 Å². The van der Waals surface area contributed by atoms with Crippen LogP contribution in [0.25, 0.3) is 0 Å². The molecule has 0 aromatic rings. The molecule has 0 heterocycles. The van der Waals surface area contributed by atoms with Crippen molar-refractivity contribution in [2.75, 3.05) is 7.05 Å². The van der Waals surface area contributed by atoms with Gasteiger partial charge in [0.25, 0.3) is 11.6 Å². The smallest absolute Gasteiger partial charge is 0.426 e. The van der Waals surface area contributed by atoms with Gasteiger partial charge in [-0.25, -0.2) is 0 Å². The average Bonchev–Trinajstić information content (AvgIpc) is 2.16. The van der Waals surface area contributed by atoms with Gasteiger partial charge in [-0.3, -0.25) is 10.5 Å². The molecule has 4 N–H and O–H groups in total. The van der Waals surface area contributed by atoms with Crippen molar-refractivity contribution in [3.63, 3.8) is 0 Å². The molecule has 0 rings (SSSR count). The van der Waals surface area contributed by atoms with Crippen LogP contribution in [0.1, 0.15) is 20.3 Å². The van der Waals surface area contributed by atoms with E-state index in [4.69, 9.17) is 15.8 Å². The lowest BCUT2D eigenvalue weighted by Gasteiger charge is -2.32. The minimum absolute atomic E-state index is 0.373. The molecule has 0 saturated heterocycles. The number of hydrogen-bond acceptors (Lipinski definition) is 6. The molecule has 0 aliphatic heterocycles. The zero-order valence-electron chi connectivity index (χ0n) is 9.75. The normalized spacial score (nSPS) is 15.9. The van der Waals surface area contributed by atoms with E-state index in [9.17, 15) is 4.79 Å². The van der Waals surface area contributed by atoms with Crippen LogP contribution in [0.4, 0.5) is 0 Å². The molecular weight excluding hydrogens is 213 g/mol. The highest BCUT2D eigenvalue weighted by atomic mass is 16.7. The molecule has 8 heteroatoms. The first-order chi connectivity index (χ1) is 7.27. The molecule has 0 fully saturated rings. The van der Waals surface area contributed by atoms with Crippen LogP contribution in [0.5, 0.6) is 0 Å². The standard InChI is InChI=1S/C8H18BN3O4/c1-5-6(9(14)15)12(4)7(13)8(2,10)16-11-3/h6,14-15H,3,5,10H2,1-2,4H3/t6-,8?/m0/s1. The first-order valence-electron chi connectivity index (χ1n) is 4.84. The van der Waals surface area contributed by atoms with Gasteiger partial charge in [-0.1, -0.05) is 6.92 Å². The topological polar surface area (TPSA) is 108 Å². The maximum atomic E-state index is 11.8. The van der Waals surface area contributed by atoms with E-state index < -0.39 is 24.7 Å². The van der Waals surface area contributed by atoms with Gasteiger partial charge in [0.2, 0.25) is 0 Å². The monoisotopic (exact) mass is 231 g/mol. The summed E-state index contributed by atoms with van der Waals surface area (Å²) in [5, 5.41) is 21.2. The first-order valence-corrected chi connectivity index (χ1v) is 4.84. The van der Waals surface area contributed by atoms with E-state index in [-0.39, 0.29) is 0 Å². The summed E-state index contributed by atoms with van der Waals surface area (Å²) < 4.78 is 0. The summed E-state index contributed by atoms with van der Waals surface area (Å²) in [4.78, 5) is 17.6. The number of nitrogens with two attached hydrogens (primary N) is 1. The van der Waals surface area contributed by atoms with Crippen LogP contribution in [0.2, 0.25) is 0 Å². The minimum atomic E-state index is -1.67. The molecule has 1 amide bonds. The zero-order chi connectivity index (χ0) is 12.9. The van der Waals surface area contributed by atoms with Gasteiger partial charge in [0.1, 0.15) is 0 Å². The number of carbonyl (C=O) groups excluding carboxylic acids is 1. The number of oxime groups is 1. The van der Waals surface area contributed by atoms with Crippen molar-refractivity contribution in [1.82, 2.24) is 4.90 Å². The van der Waals surface area contributed by atoms with Crippen molar-refractivity contribution in [2.45, 2.75) is 31.9 Å². The Hall–Kier alpha value is -1.12. The molecule has 0 saturated carbocycles. The highest BCUT2D eigenvalue weighted by Crippen LogP contribution is 2.12. The molecule has 7 nitrogen and oxygen atoms in total. The molecule has 16 heavy (non-hydrogen) atoms. The molecule has 0 spiro atoms. The van der Waals surface area contributed by atoms with Gasteiger partial charge in [-0.15, -0.1) is 5.16 Å². The summed E-state index contributed by atoms with van der Waals surface area (Å²) >= 11 is 0. The van der Waals surface area contributed by atoms with E-state index in [1.54, 1.807) is 6.92 Å².